The van der Waals surface area contributed by atoms with Crippen LogP contribution in [-0.4, -0.2) is 19.9 Å². The van der Waals surface area contributed by atoms with Gasteiger partial charge in [0.15, 0.2) is 0 Å². The second-order valence-electron chi connectivity index (χ2n) is 6.64. The number of hydrogen-bond donors (Lipinski definition) is 3. The van der Waals surface area contributed by atoms with E-state index in [9.17, 15) is 4.79 Å². The molecule has 0 atom stereocenters. The molecule has 0 amide bonds. The van der Waals surface area contributed by atoms with Gasteiger partial charge in [0.05, 0.1) is 5.22 Å². The van der Waals surface area contributed by atoms with Crippen molar-refractivity contribution < 1.29 is 0 Å². The number of pyridine rings is 1. The first-order valence-electron chi connectivity index (χ1n) is 9.17. The molecule has 3 N–H and O–H groups in total. The highest BCUT2D eigenvalue weighted by Crippen LogP contribution is 2.14. The maximum atomic E-state index is 12.6. The van der Waals surface area contributed by atoms with Gasteiger partial charge in [-0.05, 0) is 54.3 Å². The van der Waals surface area contributed by atoms with E-state index in [-0.39, 0.29) is 5.56 Å². The van der Waals surface area contributed by atoms with Crippen LogP contribution in [-0.2, 0) is 12.8 Å². The van der Waals surface area contributed by atoms with Gasteiger partial charge in [-0.1, -0.05) is 20.4 Å². The van der Waals surface area contributed by atoms with Crippen LogP contribution in [0, 0.1) is 10.7 Å². The lowest BCUT2D eigenvalue weighted by Gasteiger charge is -2.02. The Labute approximate surface area is 156 Å². The summed E-state index contributed by atoms with van der Waals surface area (Å²) in [5.74, 6) is 0. The lowest BCUT2D eigenvalue weighted by Crippen LogP contribution is -2.22. The summed E-state index contributed by atoms with van der Waals surface area (Å²) in [4.78, 5) is 26.3. The summed E-state index contributed by atoms with van der Waals surface area (Å²) >= 11 is 0. The molecule has 2 aromatic heterocycles. The minimum Gasteiger partial charge on any atom is -0.359 e. The number of nitrogens with zero attached hydrogens (tertiary/aromatic N) is 1. The first-order valence-corrected chi connectivity index (χ1v) is 9.17. The van der Waals surface area contributed by atoms with E-state index in [0.717, 1.165) is 40.2 Å². The van der Waals surface area contributed by atoms with Crippen molar-refractivity contribution in [1.29, 1.82) is 0 Å². The fourth-order valence-electron chi connectivity index (χ4n) is 3.47. The van der Waals surface area contributed by atoms with Crippen LogP contribution in [0.3, 0.4) is 0 Å². The van der Waals surface area contributed by atoms with E-state index < -0.39 is 0 Å². The van der Waals surface area contributed by atoms with E-state index in [1.807, 2.05) is 24.3 Å². The highest BCUT2D eigenvalue weighted by molar-refractivity contribution is 5.63. The summed E-state index contributed by atoms with van der Waals surface area (Å²) < 4.78 is 0. The van der Waals surface area contributed by atoms with Gasteiger partial charge in [-0.15, -0.1) is 0 Å². The smallest absolute Gasteiger partial charge is 0.257 e. The number of aromatic amines is 3. The van der Waals surface area contributed by atoms with Gasteiger partial charge in [0.2, 0.25) is 0 Å². The Kier molecular flexibility index (Phi) is 4.28. The molecule has 0 radical (unpaired) electrons. The van der Waals surface area contributed by atoms with E-state index in [4.69, 9.17) is 0 Å². The number of hydrogen-bond acceptors (Lipinski definition) is 2. The highest BCUT2D eigenvalue weighted by Gasteiger charge is 2.08. The third-order valence-corrected chi connectivity index (χ3v) is 4.96. The summed E-state index contributed by atoms with van der Waals surface area (Å²) in [6.07, 6.45) is 7.30. The molecule has 0 fully saturated rings. The maximum absolute atomic E-state index is 12.6. The molecule has 4 rings (SSSR count). The van der Waals surface area contributed by atoms with Crippen molar-refractivity contribution in [1.82, 2.24) is 19.9 Å². The number of aromatic nitrogens is 4. The van der Waals surface area contributed by atoms with Crippen LogP contribution < -0.4 is 16.1 Å². The number of aryl methyl sites for hydroxylation is 2. The molecule has 27 heavy (non-hydrogen) atoms. The van der Waals surface area contributed by atoms with E-state index >= 15 is 0 Å². The van der Waals surface area contributed by atoms with Crippen molar-refractivity contribution in [3.05, 3.63) is 85.2 Å². The molecule has 0 aromatic carbocycles. The van der Waals surface area contributed by atoms with Gasteiger partial charge in [0.25, 0.3) is 5.56 Å². The van der Waals surface area contributed by atoms with Crippen molar-refractivity contribution >= 4 is 12.7 Å². The van der Waals surface area contributed by atoms with E-state index in [0.29, 0.717) is 10.7 Å². The third-order valence-electron chi connectivity index (χ3n) is 4.96. The minimum atomic E-state index is -0.109. The predicted octanol–water partition coefficient (Wildman–Crippen LogP) is 2.18. The largest absolute Gasteiger partial charge is 0.359 e. The molecule has 0 saturated carbocycles. The normalized spacial score (nSPS) is 12.1. The van der Waals surface area contributed by atoms with E-state index in [1.54, 1.807) is 12.4 Å². The maximum Gasteiger partial charge on any atom is 0.257 e. The van der Waals surface area contributed by atoms with Gasteiger partial charge in [0.1, 0.15) is 5.48 Å². The van der Waals surface area contributed by atoms with E-state index in [1.165, 1.54) is 11.3 Å². The first-order chi connectivity index (χ1) is 13.1. The molecule has 136 valence electrons. The summed E-state index contributed by atoms with van der Waals surface area (Å²) in [6.45, 7) is 8.34. The molecule has 5 heteroatoms. The van der Waals surface area contributed by atoms with Crippen LogP contribution in [0.4, 0.5) is 0 Å². The summed E-state index contributed by atoms with van der Waals surface area (Å²) in [5.41, 5.74) is 5.93. The molecule has 0 aliphatic carbocycles. The van der Waals surface area contributed by atoms with Crippen LogP contribution in [0.1, 0.15) is 30.8 Å². The quantitative estimate of drug-likeness (QED) is 0.523. The van der Waals surface area contributed by atoms with Crippen LogP contribution >= 0.6 is 0 Å². The Bertz CT molecular complexity index is 1330. The van der Waals surface area contributed by atoms with Crippen molar-refractivity contribution in [3.8, 4) is 11.1 Å². The zero-order chi connectivity index (χ0) is 19.0. The van der Waals surface area contributed by atoms with Crippen molar-refractivity contribution in [2.75, 3.05) is 0 Å². The number of H-pyrrole nitrogens is 3. The lowest BCUT2D eigenvalue weighted by molar-refractivity contribution is 1.06. The van der Waals surface area contributed by atoms with Crippen molar-refractivity contribution in [2.24, 2.45) is 0 Å². The predicted molar refractivity (Wildman–Crippen MR) is 108 cm³/mol. The fourth-order valence-corrected chi connectivity index (χ4v) is 3.47. The number of nitrogens with one attached hydrogen (secondary N) is 3. The molecule has 0 saturated heterocycles. The molecule has 2 aliphatic heterocycles. The molecule has 0 unspecified atom stereocenters. The van der Waals surface area contributed by atoms with Crippen molar-refractivity contribution in [2.45, 2.75) is 26.7 Å². The Hall–Kier alpha value is -3.34. The Morgan fingerprint density at radius 3 is 2.56 bits per heavy atom. The molecule has 2 aromatic rings. The average molecular weight is 358 g/mol. The fraction of sp³-hybridized carbons (Fsp3) is 0.182. The molecule has 0 spiro atoms. The molecule has 0 bridgehead atoms. The second kappa shape index (κ2) is 6.76. The van der Waals surface area contributed by atoms with Crippen LogP contribution in [0.2, 0.25) is 0 Å². The van der Waals surface area contributed by atoms with Crippen LogP contribution in [0.5, 0.6) is 0 Å². The number of rotatable bonds is 4. The first kappa shape index (κ1) is 17.1. The summed E-state index contributed by atoms with van der Waals surface area (Å²) in [5, 5.41) is 2.26. The highest BCUT2D eigenvalue weighted by atomic mass is 16.1. The lowest BCUT2D eigenvalue weighted by atomic mass is 10.1. The Morgan fingerprint density at radius 1 is 1.07 bits per heavy atom. The molecule has 2 aliphatic rings. The Morgan fingerprint density at radius 2 is 1.85 bits per heavy atom. The molecule has 4 heterocycles. The van der Waals surface area contributed by atoms with Gasteiger partial charge in [-0.3, -0.25) is 9.78 Å². The van der Waals surface area contributed by atoms with Gasteiger partial charge in [0, 0.05) is 39.9 Å². The SMILES string of the molecule is C=c1[nH]c2[nH]c(=O)c(=Cc3[nH]c(CC)cc3CC)c=2cc1-c1ccncc1. The average Bonchev–Trinajstić information content (AvgIpc) is 3.22. The summed E-state index contributed by atoms with van der Waals surface area (Å²) in [7, 11) is 0. The monoisotopic (exact) mass is 358 g/mol. The molecular formula is C22H22N4O. The van der Waals surface area contributed by atoms with Gasteiger partial charge in [-0.2, -0.15) is 0 Å². The van der Waals surface area contributed by atoms with Crippen LogP contribution in [0.15, 0.2) is 41.5 Å². The minimum absolute atomic E-state index is 0.109. The third kappa shape index (κ3) is 3.01. The van der Waals surface area contributed by atoms with E-state index in [2.05, 4.69) is 46.4 Å². The Balaban J connectivity index is 2.01. The van der Waals surface area contributed by atoms with Gasteiger partial charge < -0.3 is 15.0 Å². The van der Waals surface area contributed by atoms with Crippen LogP contribution in [0.25, 0.3) is 23.8 Å². The zero-order valence-electron chi connectivity index (χ0n) is 15.5. The second-order valence-corrected chi connectivity index (χ2v) is 6.64. The van der Waals surface area contributed by atoms with Crippen molar-refractivity contribution in [3.63, 3.8) is 0 Å². The topological polar surface area (TPSA) is 77.3 Å². The molecular weight excluding hydrogens is 336 g/mol. The zero-order valence-corrected chi connectivity index (χ0v) is 15.5. The van der Waals surface area contributed by atoms with Gasteiger partial charge in [-0.25, -0.2) is 0 Å². The summed E-state index contributed by atoms with van der Waals surface area (Å²) in [6, 6.07) is 8.06. The molecule has 5 nitrogen and oxygen atoms in total. The standard InChI is InChI=1S/C22H22N4O/c1-4-14-10-16(5-2)25-20(14)12-19-18-11-17(15-6-8-23-9-7-15)13(3)24-21(18)26-22(19)27/h6-12,24-25H,3-5H2,1-2H3,(H,26,27). The van der Waals surface area contributed by atoms with Gasteiger partial charge >= 0.3 is 0 Å².